The quantitative estimate of drug-likeness (QED) is 0.856. The monoisotopic (exact) mass is 327 g/mol. The van der Waals surface area contributed by atoms with E-state index in [1.807, 2.05) is 13.8 Å². The SMILES string of the molecule is Cc1nn(CCO)c(C)c1CNc1cccc(CC(F)(F)F)c1. The number of aryl methyl sites for hydroxylation is 1. The van der Waals surface area contributed by atoms with Gasteiger partial charge in [-0.05, 0) is 31.5 Å². The summed E-state index contributed by atoms with van der Waals surface area (Å²) in [5.74, 6) is 0. The van der Waals surface area contributed by atoms with Crippen molar-refractivity contribution < 1.29 is 18.3 Å². The standard InChI is InChI=1S/C16H20F3N3O/c1-11-15(12(2)22(21-11)6-7-23)10-20-14-5-3-4-13(8-14)9-16(17,18)19/h3-5,8,20,23H,6-7,9-10H2,1-2H3. The van der Waals surface area contributed by atoms with E-state index in [2.05, 4.69) is 10.4 Å². The van der Waals surface area contributed by atoms with Gasteiger partial charge in [-0.15, -0.1) is 0 Å². The smallest absolute Gasteiger partial charge is 0.393 e. The highest BCUT2D eigenvalue weighted by atomic mass is 19.4. The topological polar surface area (TPSA) is 50.1 Å². The molecule has 0 aliphatic carbocycles. The lowest BCUT2D eigenvalue weighted by atomic mass is 10.1. The summed E-state index contributed by atoms with van der Waals surface area (Å²) in [6.45, 7) is 4.69. The van der Waals surface area contributed by atoms with Crippen LogP contribution < -0.4 is 5.32 Å². The summed E-state index contributed by atoms with van der Waals surface area (Å²) in [6, 6.07) is 6.33. The van der Waals surface area contributed by atoms with Crippen molar-refractivity contribution in [2.24, 2.45) is 0 Å². The zero-order valence-electron chi connectivity index (χ0n) is 13.1. The molecule has 0 saturated heterocycles. The summed E-state index contributed by atoms with van der Waals surface area (Å²) in [5.41, 5.74) is 3.64. The molecule has 0 unspecified atom stereocenters. The van der Waals surface area contributed by atoms with Crippen LogP contribution in [0.25, 0.3) is 0 Å². The molecular formula is C16H20F3N3O. The molecule has 0 saturated carbocycles. The Kier molecular flexibility index (Phi) is 5.30. The molecule has 0 spiro atoms. The summed E-state index contributed by atoms with van der Waals surface area (Å²) < 4.78 is 39.1. The Labute approximate surface area is 132 Å². The lowest BCUT2D eigenvalue weighted by molar-refractivity contribution is -0.127. The highest BCUT2D eigenvalue weighted by Crippen LogP contribution is 2.23. The molecule has 0 bridgehead atoms. The van der Waals surface area contributed by atoms with Gasteiger partial charge in [0, 0.05) is 23.5 Å². The van der Waals surface area contributed by atoms with Crippen molar-refractivity contribution >= 4 is 5.69 Å². The Morgan fingerprint density at radius 3 is 2.65 bits per heavy atom. The van der Waals surface area contributed by atoms with Gasteiger partial charge >= 0.3 is 6.18 Å². The van der Waals surface area contributed by atoms with Gasteiger partial charge in [-0.25, -0.2) is 0 Å². The van der Waals surface area contributed by atoms with Crippen LogP contribution in [0, 0.1) is 13.8 Å². The molecule has 0 amide bonds. The molecule has 2 aromatic rings. The molecular weight excluding hydrogens is 307 g/mol. The molecule has 0 radical (unpaired) electrons. The van der Waals surface area contributed by atoms with E-state index in [1.54, 1.807) is 16.8 Å². The van der Waals surface area contributed by atoms with E-state index in [0.717, 1.165) is 17.0 Å². The molecule has 7 heteroatoms. The zero-order chi connectivity index (χ0) is 17.0. The van der Waals surface area contributed by atoms with Gasteiger partial charge in [0.2, 0.25) is 0 Å². The highest BCUT2D eigenvalue weighted by molar-refractivity contribution is 5.47. The fourth-order valence-corrected chi connectivity index (χ4v) is 2.52. The second-order valence-electron chi connectivity index (χ2n) is 5.44. The van der Waals surface area contributed by atoms with E-state index in [4.69, 9.17) is 5.11 Å². The summed E-state index contributed by atoms with van der Waals surface area (Å²) in [4.78, 5) is 0. The predicted molar refractivity (Wildman–Crippen MR) is 82.3 cm³/mol. The fourth-order valence-electron chi connectivity index (χ4n) is 2.52. The van der Waals surface area contributed by atoms with Gasteiger partial charge in [0.1, 0.15) is 0 Å². The first-order valence-electron chi connectivity index (χ1n) is 7.33. The van der Waals surface area contributed by atoms with Crippen LogP contribution in [0.4, 0.5) is 18.9 Å². The Balaban J connectivity index is 2.08. The molecule has 0 aliphatic heterocycles. The maximum Gasteiger partial charge on any atom is 0.393 e. The van der Waals surface area contributed by atoms with E-state index < -0.39 is 12.6 Å². The van der Waals surface area contributed by atoms with Gasteiger partial charge in [0.15, 0.2) is 0 Å². The minimum Gasteiger partial charge on any atom is -0.394 e. The molecule has 1 aromatic carbocycles. The van der Waals surface area contributed by atoms with Crippen LogP contribution in [-0.2, 0) is 19.5 Å². The third-order valence-electron chi connectivity index (χ3n) is 3.64. The number of nitrogens with one attached hydrogen (secondary N) is 1. The third-order valence-corrected chi connectivity index (χ3v) is 3.64. The van der Waals surface area contributed by atoms with Crippen molar-refractivity contribution in [1.82, 2.24) is 9.78 Å². The zero-order valence-corrected chi connectivity index (χ0v) is 13.1. The van der Waals surface area contributed by atoms with E-state index in [1.165, 1.54) is 12.1 Å². The van der Waals surface area contributed by atoms with Crippen LogP contribution in [0.3, 0.4) is 0 Å². The van der Waals surface area contributed by atoms with Gasteiger partial charge < -0.3 is 10.4 Å². The van der Waals surface area contributed by atoms with Gasteiger partial charge in [-0.3, -0.25) is 4.68 Å². The average molecular weight is 327 g/mol. The average Bonchev–Trinajstić information content (AvgIpc) is 2.70. The molecule has 126 valence electrons. The van der Waals surface area contributed by atoms with Gasteiger partial charge in [-0.1, -0.05) is 12.1 Å². The Morgan fingerprint density at radius 2 is 2.00 bits per heavy atom. The number of aliphatic hydroxyl groups is 1. The van der Waals surface area contributed by atoms with Gasteiger partial charge in [-0.2, -0.15) is 18.3 Å². The first kappa shape index (κ1) is 17.3. The molecule has 0 fully saturated rings. The summed E-state index contributed by atoms with van der Waals surface area (Å²) in [5, 5.41) is 16.5. The largest absolute Gasteiger partial charge is 0.394 e. The second kappa shape index (κ2) is 7.04. The molecule has 4 nitrogen and oxygen atoms in total. The number of aromatic nitrogens is 2. The van der Waals surface area contributed by atoms with Crippen LogP contribution in [0.15, 0.2) is 24.3 Å². The molecule has 2 rings (SSSR count). The molecule has 1 aromatic heterocycles. The molecule has 1 heterocycles. The summed E-state index contributed by atoms with van der Waals surface area (Å²) >= 11 is 0. The summed E-state index contributed by atoms with van der Waals surface area (Å²) in [6.07, 6.45) is -5.15. The number of rotatable bonds is 6. The maximum absolute atomic E-state index is 12.5. The molecule has 0 aliphatic rings. The Bertz CT molecular complexity index is 665. The fraction of sp³-hybridized carbons (Fsp3) is 0.438. The molecule has 2 N–H and O–H groups in total. The highest BCUT2D eigenvalue weighted by Gasteiger charge is 2.27. The van der Waals surface area contributed by atoms with Crippen LogP contribution >= 0.6 is 0 Å². The first-order chi connectivity index (χ1) is 10.8. The lowest BCUT2D eigenvalue weighted by Crippen LogP contribution is -2.11. The minimum absolute atomic E-state index is 0.00825. The van der Waals surface area contributed by atoms with Crippen molar-refractivity contribution in [3.8, 4) is 0 Å². The van der Waals surface area contributed by atoms with E-state index in [0.29, 0.717) is 18.8 Å². The maximum atomic E-state index is 12.5. The number of alkyl halides is 3. The number of hydrogen-bond acceptors (Lipinski definition) is 3. The Morgan fingerprint density at radius 1 is 1.26 bits per heavy atom. The van der Waals surface area contributed by atoms with Gasteiger partial charge in [0.25, 0.3) is 0 Å². The van der Waals surface area contributed by atoms with Crippen molar-refractivity contribution in [1.29, 1.82) is 0 Å². The second-order valence-corrected chi connectivity index (χ2v) is 5.44. The van der Waals surface area contributed by atoms with E-state index in [-0.39, 0.29) is 12.2 Å². The van der Waals surface area contributed by atoms with E-state index >= 15 is 0 Å². The predicted octanol–water partition coefficient (Wildman–Crippen LogP) is 3.21. The molecule has 0 atom stereocenters. The number of benzene rings is 1. The number of halogens is 3. The van der Waals surface area contributed by atoms with Gasteiger partial charge in [0.05, 0.1) is 25.3 Å². The van der Waals surface area contributed by atoms with Crippen LogP contribution in [-0.4, -0.2) is 27.7 Å². The first-order valence-corrected chi connectivity index (χ1v) is 7.33. The van der Waals surface area contributed by atoms with E-state index in [9.17, 15) is 13.2 Å². The number of aliphatic hydroxyl groups excluding tert-OH is 1. The van der Waals surface area contributed by atoms with Crippen molar-refractivity contribution in [3.63, 3.8) is 0 Å². The minimum atomic E-state index is -4.21. The molecule has 23 heavy (non-hydrogen) atoms. The normalized spacial score (nSPS) is 11.7. The van der Waals surface area contributed by atoms with Crippen molar-refractivity contribution in [2.45, 2.75) is 39.5 Å². The number of hydrogen-bond donors (Lipinski definition) is 2. The van der Waals surface area contributed by atoms with Crippen LogP contribution in [0.2, 0.25) is 0 Å². The number of nitrogens with zero attached hydrogens (tertiary/aromatic N) is 2. The summed E-state index contributed by atoms with van der Waals surface area (Å²) in [7, 11) is 0. The van der Waals surface area contributed by atoms with Crippen molar-refractivity contribution in [3.05, 3.63) is 46.8 Å². The lowest BCUT2D eigenvalue weighted by Gasteiger charge is -2.10. The third kappa shape index (κ3) is 4.72. The van der Waals surface area contributed by atoms with Crippen LogP contribution in [0.1, 0.15) is 22.5 Å². The van der Waals surface area contributed by atoms with Crippen molar-refractivity contribution in [2.75, 3.05) is 11.9 Å². The van der Waals surface area contributed by atoms with Crippen LogP contribution in [0.5, 0.6) is 0 Å². The number of anilines is 1. The Hall–Kier alpha value is -2.02.